The molecule has 2 atom stereocenters. The summed E-state index contributed by atoms with van der Waals surface area (Å²) in [5.74, 6) is 0. The highest BCUT2D eigenvalue weighted by molar-refractivity contribution is 5.68. The van der Waals surface area contributed by atoms with Gasteiger partial charge in [-0.2, -0.15) is 13.2 Å². The van der Waals surface area contributed by atoms with E-state index in [1.165, 1.54) is 20.8 Å². The molecule has 0 aromatic carbocycles. The van der Waals surface area contributed by atoms with Crippen LogP contribution in [0.15, 0.2) is 0 Å². The first-order chi connectivity index (χ1) is 7.47. The second-order valence-corrected chi connectivity index (χ2v) is 4.43. The number of carbonyl (C=O) groups excluding carboxylic acids is 1. The molecule has 0 aliphatic rings. The molecule has 1 amide bonds. The minimum Gasteiger partial charge on any atom is -0.444 e. The molecule has 0 fully saturated rings. The number of alkyl carbamates (subject to hydrolysis) is 1. The normalized spacial score (nSPS) is 16.2. The summed E-state index contributed by atoms with van der Waals surface area (Å²) in [6.07, 6.45) is -9.43. The van der Waals surface area contributed by atoms with E-state index >= 15 is 0 Å². The van der Waals surface area contributed by atoms with Crippen molar-refractivity contribution in [1.29, 1.82) is 0 Å². The fraction of sp³-hybridized carbons (Fsp3) is 0.889. The third kappa shape index (κ3) is 6.30. The van der Waals surface area contributed by atoms with Crippen molar-refractivity contribution in [3.05, 3.63) is 0 Å². The Kier molecular flexibility index (Phi) is 5.18. The molecule has 0 radical (unpaired) electrons. The molecule has 0 saturated carbocycles. The molecule has 0 aliphatic carbocycles. The molecule has 0 bridgehead atoms. The van der Waals surface area contributed by atoms with Crippen molar-refractivity contribution in [3.63, 3.8) is 0 Å². The second kappa shape index (κ2) is 5.52. The predicted molar refractivity (Wildman–Crippen MR) is 53.2 cm³/mol. The smallest absolute Gasteiger partial charge is 0.421 e. The summed E-state index contributed by atoms with van der Waals surface area (Å²) in [7, 11) is 0. The molecular formula is C9H16F4N2O2. The van der Waals surface area contributed by atoms with Crippen molar-refractivity contribution >= 4 is 6.09 Å². The van der Waals surface area contributed by atoms with Gasteiger partial charge in [0.25, 0.3) is 0 Å². The number of hydrogen-bond donors (Lipinski definition) is 2. The van der Waals surface area contributed by atoms with Crippen LogP contribution in [0.3, 0.4) is 0 Å². The SMILES string of the molecule is CC(C)(C)OC(=O)NC(CN)C(F)C(F)(F)F. The lowest BCUT2D eigenvalue weighted by Crippen LogP contribution is -2.52. The topological polar surface area (TPSA) is 64.3 Å². The molecule has 0 saturated heterocycles. The molecule has 8 heteroatoms. The monoisotopic (exact) mass is 260 g/mol. The van der Waals surface area contributed by atoms with Crippen LogP contribution in [0.25, 0.3) is 0 Å². The summed E-state index contributed by atoms with van der Waals surface area (Å²) >= 11 is 0. The highest BCUT2D eigenvalue weighted by Crippen LogP contribution is 2.25. The molecule has 2 unspecified atom stereocenters. The van der Waals surface area contributed by atoms with E-state index in [0.717, 1.165) is 0 Å². The number of rotatable bonds is 3. The third-order valence-corrected chi connectivity index (χ3v) is 1.62. The number of nitrogens with two attached hydrogens (primary N) is 1. The molecule has 102 valence electrons. The van der Waals surface area contributed by atoms with E-state index in [9.17, 15) is 22.4 Å². The summed E-state index contributed by atoms with van der Waals surface area (Å²) < 4.78 is 53.7. The Bertz CT molecular complexity index is 263. The Hall–Kier alpha value is -1.05. The van der Waals surface area contributed by atoms with Crippen LogP contribution in [0.5, 0.6) is 0 Å². The maximum absolute atomic E-state index is 12.9. The maximum Gasteiger partial charge on any atom is 0.421 e. The zero-order valence-corrected chi connectivity index (χ0v) is 9.77. The predicted octanol–water partition coefficient (Wildman–Crippen LogP) is 1.74. The summed E-state index contributed by atoms with van der Waals surface area (Å²) in [6, 6.07) is -1.86. The fourth-order valence-electron chi connectivity index (χ4n) is 0.939. The first kappa shape index (κ1) is 16.0. The Labute approximate surface area is 96.5 Å². The van der Waals surface area contributed by atoms with E-state index in [4.69, 9.17) is 10.5 Å². The third-order valence-electron chi connectivity index (χ3n) is 1.62. The van der Waals surface area contributed by atoms with Gasteiger partial charge < -0.3 is 15.8 Å². The Morgan fingerprint density at radius 3 is 2.12 bits per heavy atom. The van der Waals surface area contributed by atoms with E-state index in [1.54, 1.807) is 5.32 Å². The quantitative estimate of drug-likeness (QED) is 0.760. The fourth-order valence-corrected chi connectivity index (χ4v) is 0.939. The van der Waals surface area contributed by atoms with E-state index in [1.807, 2.05) is 0 Å². The number of halogens is 4. The second-order valence-electron chi connectivity index (χ2n) is 4.43. The number of alkyl halides is 4. The summed E-state index contributed by atoms with van der Waals surface area (Å²) in [5, 5.41) is 1.75. The van der Waals surface area contributed by atoms with Gasteiger partial charge in [-0.25, -0.2) is 9.18 Å². The Balaban J connectivity index is 4.47. The van der Waals surface area contributed by atoms with Gasteiger partial charge >= 0.3 is 12.3 Å². The zero-order chi connectivity index (χ0) is 13.9. The largest absolute Gasteiger partial charge is 0.444 e. The Morgan fingerprint density at radius 1 is 1.35 bits per heavy atom. The van der Waals surface area contributed by atoms with E-state index in [2.05, 4.69) is 0 Å². The first-order valence-corrected chi connectivity index (χ1v) is 4.87. The number of ether oxygens (including phenoxy) is 1. The molecule has 0 rings (SSSR count). The van der Waals surface area contributed by atoms with Crippen LogP contribution in [0.4, 0.5) is 22.4 Å². The Morgan fingerprint density at radius 2 is 1.82 bits per heavy atom. The van der Waals surface area contributed by atoms with Crippen molar-refractivity contribution < 1.29 is 27.1 Å². The van der Waals surface area contributed by atoms with Gasteiger partial charge in [-0.05, 0) is 20.8 Å². The first-order valence-electron chi connectivity index (χ1n) is 4.87. The maximum atomic E-state index is 12.9. The van der Waals surface area contributed by atoms with Gasteiger partial charge in [-0.15, -0.1) is 0 Å². The lowest BCUT2D eigenvalue weighted by Gasteiger charge is -2.25. The van der Waals surface area contributed by atoms with E-state index in [0.29, 0.717) is 0 Å². The van der Waals surface area contributed by atoms with Gasteiger partial charge in [0.15, 0.2) is 0 Å². The van der Waals surface area contributed by atoms with Crippen molar-refractivity contribution in [2.75, 3.05) is 6.54 Å². The van der Waals surface area contributed by atoms with Crippen LogP contribution in [0.1, 0.15) is 20.8 Å². The summed E-state index contributed by atoms with van der Waals surface area (Å²) in [4.78, 5) is 11.1. The van der Waals surface area contributed by atoms with Gasteiger partial charge in [0.1, 0.15) is 5.60 Å². The molecule has 0 aromatic heterocycles. The van der Waals surface area contributed by atoms with Gasteiger partial charge in [0.05, 0.1) is 6.04 Å². The molecule has 3 N–H and O–H groups in total. The molecule has 0 aliphatic heterocycles. The van der Waals surface area contributed by atoms with E-state index < -0.39 is 36.6 Å². The zero-order valence-electron chi connectivity index (χ0n) is 9.77. The van der Waals surface area contributed by atoms with Crippen molar-refractivity contribution in [3.8, 4) is 0 Å². The minimum atomic E-state index is -5.07. The molecule has 0 spiro atoms. The van der Waals surface area contributed by atoms with Crippen LogP contribution in [0, 0.1) is 0 Å². The highest BCUT2D eigenvalue weighted by Gasteiger charge is 2.45. The van der Waals surface area contributed by atoms with Gasteiger partial charge in [0, 0.05) is 6.54 Å². The summed E-state index contributed by atoms with van der Waals surface area (Å²) in [6.45, 7) is 3.90. The average molecular weight is 260 g/mol. The lowest BCUT2D eigenvalue weighted by molar-refractivity contribution is -0.186. The lowest BCUT2D eigenvalue weighted by atomic mass is 10.1. The molecule has 4 nitrogen and oxygen atoms in total. The summed E-state index contributed by atoms with van der Waals surface area (Å²) in [5.41, 5.74) is 4.09. The molecule has 17 heavy (non-hydrogen) atoms. The number of nitrogens with one attached hydrogen (secondary N) is 1. The molecule has 0 aromatic rings. The average Bonchev–Trinajstić information content (AvgIpc) is 2.08. The standard InChI is InChI=1S/C9H16F4N2O2/c1-8(2,3)17-7(16)15-5(4-14)6(10)9(11,12)13/h5-6H,4,14H2,1-3H3,(H,15,16). The van der Waals surface area contributed by atoms with Crippen molar-refractivity contribution in [2.24, 2.45) is 5.73 Å². The highest BCUT2D eigenvalue weighted by atomic mass is 19.4. The molecular weight excluding hydrogens is 244 g/mol. The van der Waals surface area contributed by atoms with Crippen molar-refractivity contribution in [1.82, 2.24) is 5.32 Å². The number of carbonyl (C=O) groups is 1. The van der Waals surface area contributed by atoms with Gasteiger partial charge in [-0.1, -0.05) is 0 Å². The van der Waals surface area contributed by atoms with Crippen molar-refractivity contribution in [2.45, 2.75) is 44.8 Å². The number of hydrogen-bond acceptors (Lipinski definition) is 3. The van der Waals surface area contributed by atoms with Crippen LogP contribution in [0.2, 0.25) is 0 Å². The van der Waals surface area contributed by atoms with Crippen LogP contribution in [-0.4, -0.2) is 36.6 Å². The van der Waals surface area contributed by atoms with Gasteiger partial charge in [0.2, 0.25) is 6.17 Å². The minimum absolute atomic E-state index is 0.681. The number of amides is 1. The van der Waals surface area contributed by atoms with Crippen LogP contribution in [-0.2, 0) is 4.74 Å². The molecule has 0 heterocycles. The van der Waals surface area contributed by atoms with Crippen LogP contribution < -0.4 is 11.1 Å². The van der Waals surface area contributed by atoms with Gasteiger partial charge in [-0.3, -0.25) is 0 Å². The van der Waals surface area contributed by atoms with Crippen LogP contribution >= 0.6 is 0 Å². The van der Waals surface area contributed by atoms with E-state index in [-0.39, 0.29) is 0 Å².